The van der Waals surface area contributed by atoms with Crippen molar-refractivity contribution < 1.29 is 4.39 Å². The lowest BCUT2D eigenvalue weighted by Crippen LogP contribution is -2.27. The first kappa shape index (κ1) is 18.5. The maximum atomic E-state index is 13.1. The number of nitrogens with one attached hydrogen (secondary N) is 1. The summed E-state index contributed by atoms with van der Waals surface area (Å²) < 4.78 is 13.1. The zero-order valence-corrected chi connectivity index (χ0v) is 14.4. The van der Waals surface area contributed by atoms with Crippen LogP contribution in [0.2, 0.25) is 0 Å². The normalized spacial score (nSPS) is 12.5. The van der Waals surface area contributed by atoms with E-state index in [2.05, 4.69) is 12.2 Å². The molecule has 0 aliphatic carbocycles. The van der Waals surface area contributed by atoms with E-state index in [4.69, 9.17) is 0 Å². The van der Waals surface area contributed by atoms with Crippen LogP contribution in [-0.2, 0) is 0 Å². The summed E-state index contributed by atoms with van der Waals surface area (Å²) in [5.74, 6) is 0.864. The molecule has 3 heteroatoms. The number of hydrogen-bond donors (Lipinski definition) is 1. The maximum absolute atomic E-state index is 13.1. The Bertz CT molecular complexity index is 370. The number of rotatable bonds is 12. The zero-order valence-electron chi connectivity index (χ0n) is 13.5. The first-order valence-corrected chi connectivity index (χ1v) is 9.30. The molecule has 0 radical (unpaired) electrons. The molecule has 1 aromatic carbocycles. The molecule has 0 aliphatic rings. The van der Waals surface area contributed by atoms with Gasteiger partial charge >= 0.3 is 0 Å². The Morgan fingerprint density at radius 3 is 2.48 bits per heavy atom. The highest BCUT2D eigenvalue weighted by Crippen LogP contribution is 2.21. The third kappa shape index (κ3) is 9.15. The van der Waals surface area contributed by atoms with Crippen molar-refractivity contribution in [3.05, 3.63) is 30.1 Å². The van der Waals surface area contributed by atoms with Crippen molar-refractivity contribution in [1.29, 1.82) is 0 Å². The van der Waals surface area contributed by atoms with Gasteiger partial charge in [-0.2, -0.15) is 0 Å². The highest BCUT2D eigenvalue weighted by Gasteiger charge is 2.07. The molecule has 0 spiro atoms. The summed E-state index contributed by atoms with van der Waals surface area (Å²) in [6.07, 6.45) is 10.7. The summed E-state index contributed by atoms with van der Waals surface area (Å²) in [5, 5.41) is 3.38. The van der Waals surface area contributed by atoms with Gasteiger partial charge in [0.15, 0.2) is 0 Å². The van der Waals surface area contributed by atoms with E-state index < -0.39 is 0 Å². The number of halogens is 1. The second kappa shape index (κ2) is 12.0. The van der Waals surface area contributed by atoms with E-state index in [0.29, 0.717) is 6.04 Å². The van der Waals surface area contributed by atoms with Gasteiger partial charge in [-0.15, -0.1) is 11.8 Å². The quantitative estimate of drug-likeness (QED) is 0.395. The van der Waals surface area contributed by atoms with E-state index in [-0.39, 0.29) is 5.82 Å². The molecule has 0 bridgehead atoms. The van der Waals surface area contributed by atoms with E-state index in [9.17, 15) is 4.39 Å². The third-order valence-corrected chi connectivity index (χ3v) is 4.97. The molecule has 0 aliphatic heterocycles. The van der Waals surface area contributed by atoms with E-state index >= 15 is 0 Å². The van der Waals surface area contributed by atoms with Crippen LogP contribution in [0, 0.1) is 5.82 Å². The van der Waals surface area contributed by atoms with Crippen LogP contribution in [0.4, 0.5) is 4.39 Å². The molecule has 1 N–H and O–H groups in total. The average Bonchev–Trinajstić information content (AvgIpc) is 2.49. The fourth-order valence-electron chi connectivity index (χ4n) is 2.41. The molecule has 0 heterocycles. The molecule has 0 fully saturated rings. The van der Waals surface area contributed by atoms with Gasteiger partial charge in [-0.25, -0.2) is 4.39 Å². The van der Waals surface area contributed by atoms with Gasteiger partial charge in [0.25, 0.3) is 0 Å². The summed E-state index contributed by atoms with van der Waals surface area (Å²) in [6, 6.07) is 7.40. The van der Waals surface area contributed by atoms with Crippen molar-refractivity contribution in [2.24, 2.45) is 0 Å². The minimum atomic E-state index is -0.145. The van der Waals surface area contributed by atoms with Gasteiger partial charge < -0.3 is 5.32 Å². The lowest BCUT2D eigenvalue weighted by atomic mass is 10.1. The van der Waals surface area contributed by atoms with E-state index in [0.717, 1.165) is 10.6 Å². The largest absolute Gasteiger partial charge is 0.316 e. The minimum Gasteiger partial charge on any atom is -0.316 e. The van der Waals surface area contributed by atoms with Gasteiger partial charge in [0.2, 0.25) is 0 Å². The number of benzene rings is 1. The molecular formula is C18H30FNS. The molecule has 1 nitrogen and oxygen atoms in total. The first-order valence-electron chi connectivity index (χ1n) is 8.32. The lowest BCUT2D eigenvalue weighted by molar-refractivity contribution is 0.511. The highest BCUT2D eigenvalue weighted by atomic mass is 32.2. The number of thioether (sulfide) groups is 1. The Morgan fingerprint density at radius 2 is 1.81 bits per heavy atom. The van der Waals surface area contributed by atoms with Crippen molar-refractivity contribution in [2.45, 2.75) is 69.2 Å². The van der Waals surface area contributed by atoms with Crippen LogP contribution in [0.1, 0.15) is 58.3 Å². The molecule has 0 amide bonds. The molecular weight excluding hydrogens is 281 g/mol. The van der Waals surface area contributed by atoms with Gasteiger partial charge in [0.1, 0.15) is 5.82 Å². The van der Waals surface area contributed by atoms with E-state index in [1.807, 2.05) is 13.1 Å². The fourth-order valence-corrected chi connectivity index (χ4v) is 3.51. The molecule has 1 unspecified atom stereocenters. The minimum absolute atomic E-state index is 0.145. The van der Waals surface area contributed by atoms with Gasteiger partial charge in [0, 0.05) is 16.7 Å². The Morgan fingerprint density at radius 1 is 1.10 bits per heavy atom. The van der Waals surface area contributed by atoms with Crippen LogP contribution in [0.3, 0.4) is 0 Å². The van der Waals surface area contributed by atoms with E-state index in [1.54, 1.807) is 23.9 Å². The molecule has 120 valence electrons. The molecule has 0 saturated carbocycles. The summed E-state index contributed by atoms with van der Waals surface area (Å²) >= 11 is 1.74. The van der Waals surface area contributed by atoms with Crippen molar-refractivity contribution in [3.63, 3.8) is 0 Å². The van der Waals surface area contributed by atoms with Crippen LogP contribution < -0.4 is 5.32 Å². The Balaban J connectivity index is 2.11. The van der Waals surface area contributed by atoms with Crippen LogP contribution >= 0.6 is 11.8 Å². The van der Waals surface area contributed by atoms with Crippen molar-refractivity contribution in [3.8, 4) is 0 Å². The van der Waals surface area contributed by atoms with Crippen LogP contribution in [0.25, 0.3) is 0 Å². The molecule has 21 heavy (non-hydrogen) atoms. The van der Waals surface area contributed by atoms with Gasteiger partial charge in [-0.1, -0.05) is 57.9 Å². The summed E-state index contributed by atoms with van der Waals surface area (Å²) in [5.41, 5.74) is 0. The Hall–Kier alpha value is -0.540. The number of unbranched alkanes of at least 4 members (excludes halogenated alkanes) is 6. The smallest absolute Gasteiger partial charge is 0.124 e. The zero-order chi connectivity index (χ0) is 15.3. The fraction of sp³-hybridized carbons (Fsp3) is 0.667. The molecule has 1 rings (SSSR count). The Labute approximate surface area is 134 Å². The first-order chi connectivity index (χ1) is 10.3. The van der Waals surface area contributed by atoms with Crippen molar-refractivity contribution >= 4 is 11.8 Å². The van der Waals surface area contributed by atoms with Crippen LogP contribution in [0.15, 0.2) is 29.2 Å². The highest BCUT2D eigenvalue weighted by molar-refractivity contribution is 7.99. The summed E-state index contributed by atoms with van der Waals surface area (Å²) in [6.45, 7) is 2.26. The number of hydrogen-bond acceptors (Lipinski definition) is 2. The summed E-state index contributed by atoms with van der Waals surface area (Å²) in [4.78, 5) is 1.02. The van der Waals surface area contributed by atoms with E-state index in [1.165, 1.54) is 57.4 Å². The van der Waals surface area contributed by atoms with Gasteiger partial charge in [-0.3, -0.25) is 0 Å². The monoisotopic (exact) mass is 311 g/mol. The summed E-state index contributed by atoms with van der Waals surface area (Å²) in [7, 11) is 2.03. The molecule has 1 atom stereocenters. The van der Waals surface area contributed by atoms with Crippen LogP contribution in [0.5, 0.6) is 0 Å². The maximum Gasteiger partial charge on any atom is 0.124 e. The SMILES string of the molecule is CCCCCCCCCC(CSc1cccc(F)c1)NC. The topological polar surface area (TPSA) is 12.0 Å². The van der Waals surface area contributed by atoms with Gasteiger partial charge in [-0.05, 0) is 31.7 Å². The predicted octanol–water partition coefficient (Wildman–Crippen LogP) is 5.65. The molecule has 0 aromatic heterocycles. The van der Waals surface area contributed by atoms with Crippen molar-refractivity contribution in [2.75, 3.05) is 12.8 Å². The average molecular weight is 312 g/mol. The second-order valence-electron chi connectivity index (χ2n) is 5.66. The molecule has 1 aromatic rings. The standard InChI is InChI=1S/C18H30FNS/c1-3-4-5-6-7-8-9-12-17(20-2)15-21-18-13-10-11-16(19)14-18/h10-11,13-14,17,20H,3-9,12,15H2,1-2H3. The van der Waals surface area contributed by atoms with Gasteiger partial charge in [0.05, 0.1) is 0 Å². The third-order valence-electron chi connectivity index (χ3n) is 3.81. The second-order valence-corrected chi connectivity index (χ2v) is 6.76. The Kier molecular flexibility index (Phi) is 10.6. The van der Waals surface area contributed by atoms with Crippen LogP contribution in [-0.4, -0.2) is 18.8 Å². The predicted molar refractivity (Wildman–Crippen MR) is 92.6 cm³/mol. The molecule has 0 saturated heterocycles. The van der Waals surface area contributed by atoms with Crippen molar-refractivity contribution in [1.82, 2.24) is 5.32 Å². The lowest BCUT2D eigenvalue weighted by Gasteiger charge is -2.15.